The number of ether oxygens (including phenoxy) is 2. The number of nitrogens with one attached hydrogen (secondary N) is 2. The van der Waals surface area contributed by atoms with Gasteiger partial charge in [0.25, 0.3) is 5.91 Å². The second kappa shape index (κ2) is 10.6. The van der Waals surface area contributed by atoms with E-state index in [2.05, 4.69) is 42.1 Å². The molecule has 1 unspecified atom stereocenters. The number of tetrazole rings is 1. The lowest BCUT2D eigenvalue weighted by atomic mass is 9.94. The Kier molecular flexibility index (Phi) is 7.11. The Morgan fingerprint density at radius 3 is 2.73 bits per heavy atom. The van der Waals surface area contributed by atoms with Crippen molar-refractivity contribution in [2.75, 3.05) is 17.7 Å². The molecule has 0 saturated heterocycles. The molecule has 11 heteroatoms. The van der Waals surface area contributed by atoms with E-state index in [4.69, 9.17) is 21.1 Å². The summed E-state index contributed by atoms with van der Waals surface area (Å²) < 4.78 is 14.0. The van der Waals surface area contributed by atoms with Crippen LogP contribution in [0, 0.1) is 0 Å². The number of carbonyl (C=O) groups excluding carboxylic acids is 1. The smallest absolute Gasteiger partial charge is 0.255 e. The van der Waals surface area contributed by atoms with Crippen LogP contribution in [0.5, 0.6) is 11.5 Å². The van der Waals surface area contributed by atoms with E-state index < -0.39 is 6.04 Å². The number of carbonyl (C=O) groups is 1. The fourth-order valence-electron chi connectivity index (χ4n) is 4.17. The van der Waals surface area contributed by atoms with Crippen molar-refractivity contribution >= 4 is 45.1 Å². The molecule has 0 spiro atoms. The second-order valence-electron chi connectivity index (χ2n) is 8.23. The number of fused-ring (bicyclic) bond motifs is 1. The fourth-order valence-corrected chi connectivity index (χ4v) is 4.74. The maximum absolute atomic E-state index is 13.8. The van der Waals surface area contributed by atoms with E-state index in [9.17, 15) is 4.79 Å². The summed E-state index contributed by atoms with van der Waals surface area (Å²) in [7, 11) is 1.55. The topological polar surface area (TPSA) is 103 Å². The van der Waals surface area contributed by atoms with E-state index in [0.717, 1.165) is 10.0 Å². The van der Waals surface area contributed by atoms with Gasteiger partial charge in [-0.15, -0.1) is 0 Å². The number of allylic oxidation sites excluding steroid dienone is 1. The molecule has 1 aromatic heterocycles. The number of nitrogens with zero attached hydrogens (tertiary/aromatic N) is 4. The number of benzene rings is 3. The molecule has 0 aliphatic carbocycles. The summed E-state index contributed by atoms with van der Waals surface area (Å²) in [6.07, 6.45) is 0. The molecule has 37 heavy (non-hydrogen) atoms. The lowest BCUT2D eigenvalue weighted by Crippen LogP contribution is -2.32. The standard InChI is InChI=1S/C26H22BrClN6O3/c1-15-23(25(35)30-20-9-5-6-10-22(20)36-2)24(34-26(29-15)31-32-33-34)18-13-17(27)11-12-21(18)37-14-16-7-3-4-8-19(16)28/h3-13,24H,14H2,1-2H3,(H,30,35)(H,29,31,33). The van der Waals surface area contributed by atoms with E-state index in [1.165, 1.54) is 0 Å². The van der Waals surface area contributed by atoms with E-state index >= 15 is 0 Å². The van der Waals surface area contributed by atoms with Gasteiger partial charge in [-0.1, -0.05) is 63.0 Å². The molecule has 1 atom stereocenters. The molecule has 0 radical (unpaired) electrons. The zero-order valence-electron chi connectivity index (χ0n) is 19.9. The molecule has 0 saturated carbocycles. The van der Waals surface area contributed by atoms with Gasteiger partial charge < -0.3 is 20.1 Å². The third-order valence-corrected chi connectivity index (χ3v) is 6.78. The lowest BCUT2D eigenvalue weighted by molar-refractivity contribution is -0.113. The van der Waals surface area contributed by atoms with Crippen LogP contribution in [0.2, 0.25) is 5.02 Å². The van der Waals surface area contributed by atoms with Crippen molar-refractivity contribution in [3.05, 3.63) is 98.6 Å². The van der Waals surface area contributed by atoms with Crippen LogP contribution < -0.4 is 20.1 Å². The van der Waals surface area contributed by atoms with Gasteiger partial charge in [-0.2, -0.15) is 4.68 Å². The quantitative estimate of drug-likeness (QED) is 0.293. The Hall–Kier alpha value is -3.89. The van der Waals surface area contributed by atoms with E-state index in [0.29, 0.717) is 45.0 Å². The average molecular weight is 582 g/mol. The number of halogens is 2. The number of anilines is 2. The zero-order valence-corrected chi connectivity index (χ0v) is 22.2. The maximum Gasteiger partial charge on any atom is 0.255 e. The number of hydrogen-bond acceptors (Lipinski definition) is 7. The molecule has 1 amide bonds. The number of rotatable bonds is 7. The number of hydrogen-bond donors (Lipinski definition) is 2. The first kappa shape index (κ1) is 24.8. The molecule has 0 fully saturated rings. The number of methoxy groups -OCH3 is 1. The summed E-state index contributed by atoms with van der Waals surface area (Å²) in [5.74, 6) is 1.18. The van der Waals surface area contributed by atoms with Gasteiger partial charge in [-0.05, 0) is 53.7 Å². The van der Waals surface area contributed by atoms with Crippen LogP contribution >= 0.6 is 27.5 Å². The number of para-hydroxylation sites is 2. The van der Waals surface area contributed by atoms with Crippen molar-refractivity contribution in [2.24, 2.45) is 0 Å². The molecule has 1 aliphatic heterocycles. The van der Waals surface area contributed by atoms with Crippen LogP contribution in [0.3, 0.4) is 0 Å². The predicted octanol–water partition coefficient (Wildman–Crippen LogP) is 5.60. The first-order valence-corrected chi connectivity index (χ1v) is 12.5. The molecule has 0 bridgehead atoms. The molecule has 4 aromatic rings. The highest BCUT2D eigenvalue weighted by Gasteiger charge is 2.36. The highest BCUT2D eigenvalue weighted by atomic mass is 79.9. The molecular weight excluding hydrogens is 560 g/mol. The van der Waals surface area contributed by atoms with Gasteiger partial charge in [0.15, 0.2) is 0 Å². The first-order chi connectivity index (χ1) is 18.0. The first-order valence-electron chi connectivity index (χ1n) is 11.3. The van der Waals surface area contributed by atoms with Gasteiger partial charge in [0.05, 0.1) is 18.4 Å². The minimum Gasteiger partial charge on any atom is -0.495 e. The van der Waals surface area contributed by atoms with Crippen molar-refractivity contribution in [3.63, 3.8) is 0 Å². The molecule has 1 aliphatic rings. The van der Waals surface area contributed by atoms with Crippen LogP contribution in [0.1, 0.15) is 24.1 Å². The number of amides is 1. The van der Waals surface area contributed by atoms with Gasteiger partial charge in [0.2, 0.25) is 5.95 Å². The van der Waals surface area contributed by atoms with Crippen molar-refractivity contribution in [2.45, 2.75) is 19.6 Å². The summed E-state index contributed by atoms with van der Waals surface area (Å²) >= 11 is 9.90. The normalized spacial score (nSPS) is 14.5. The van der Waals surface area contributed by atoms with Crippen molar-refractivity contribution in [1.29, 1.82) is 0 Å². The molecule has 9 nitrogen and oxygen atoms in total. The van der Waals surface area contributed by atoms with Crippen LogP contribution in [0.15, 0.2) is 82.5 Å². The second-order valence-corrected chi connectivity index (χ2v) is 9.55. The van der Waals surface area contributed by atoms with E-state index in [1.54, 1.807) is 23.9 Å². The van der Waals surface area contributed by atoms with Crippen LogP contribution in [0.4, 0.5) is 11.6 Å². The monoisotopic (exact) mass is 580 g/mol. The van der Waals surface area contributed by atoms with Gasteiger partial charge in [-0.3, -0.25) is 4.79 Å². The van der Waals surface area contributed by atoms with Crippen molar-refractivity contribution < 1.29 is 14.3 Å². The predicted molar refractivity (Wildman–Crippen MR) is 144 cm³/mol. The summed E-state index contributed by atoms with van der Waals surface area (Å²) in [6, 6.07) is 19.6. The third kappa shape index (κ3) is 5.03. The number of aromatic nitrogens is 4. The lowest BCUT2D eigenvalue weighted by Gasteiger charge is -2.29. The molecule has 2 N–H and O–H groups in total. The summed E-state index contributed by atoms with van der Waals surface area (Å²) in [4.78, 5) is 13.8. The molecule has 5 rings (SSSR count). The minimum absolute atomic E-state index is 0.243. The summed E-state index contributed by atoms with van der Waals surface area (Å²) in [5, 5.41) is 18.8. The van der Waals surface area contributed by atoms with E-state index in [-0.39, 0.29) is 12.5 Å². The summed E-state index contributed by atoms with van der Waals surface area (Å²) in [6.45, 7) is 2.05. The van der Waals surface area contributed by atoms with E-state index in [1.807, 2.05) is 61.5 Å². The summed E-state index contributed by atoms with van der Waals surface area (Å²) in [5.41, 5.74) is 3.11. The Bertz CT molecular complexity index is 1510. The van der Waals surface area contributed by atoms with Gasteiger partial charge in [0, 0.05) is 26.3 Å². The van der Waals surface area contributed by atoms with Crippen LogP contribution in [-0.2, 0) is 11.4 Å². The minimum atomic E-state index is -0.681. The fraction of sp³-hybridized carbons (Fsp3) is 0.154. The maximum atomic E-state index is 13.8. The van der Waals surface area contributed by atoms with Gasteiger partial charge in [-0.25, -0.2) is 0 Å². The third-order valence-electron chi connectivity index (χ3n) is 5.92. The largest absolute Gasteiger partial charge is 0.495 e. The zero-order chi connectivity index (χ0) is 25.9. The van der Waals surface area contributed by atoms with Crippen molar-refractivity contribution in [3.8, 4) is 11.5 Å². The average Bonchev–Trinajstić information content (AvgIpc) is 3.36. The highest BCUT2D eigenvalue weighted by Crippen LogP contribution is 2.41. The van der Waals surface area contributed by atoms with Crippen LogP contribution in [-0.4, -0.2) is 33.2 Å². The Balaban J connectivity index is 1.56. The molecule has 3 aromatic carbocycles. The SMILES string of the molecule is COc1ccccc1NC(=O)C1=C(C)Nc2nnnn2C1c1cc(Br)ccc1OCc1ccccc1Cl. The van der Waals surface area contributed by atoms with Crippen molar-refractivity contribution in [1.82, 2.24) is 20.2 Å². The Labute approximate surface area is 226 Å². The molecule has 2 heterocycles. The van der Waals surface area contributed by atoms with Crippen LogP contribution in [0.25, 0.3) is 0 Å². The molecule has 188 valence electrons. The highest BCUT2D eigenvalue weighted by molar-refractivity contribution is 9.10. The Morgan fingerprint density at radius 1 is 1.14 bits per heavy atom. The molecular formula is C26H22BrClN6O3. The van der Waals surface area contributed by atoms with Gasteiger partial charge in [0.1, 0.15) is 24.1 Å². The Morgan fingerprint density at radius 2 is 1.92 bits per heavy atom. The van der Waals surface area contributed by atoms with Gasteiger partial charge >= 0.3 is 0 Å².